The van der Waals surface area contributed by atoms with Gasteiger partial charge in [0.25, 0.3) is 0 Å². The van der Waals surface area contributed by atoms with Gasteiger partial charge in [-0.1, -0.05) is 45.2 Å². The van der Waals surface area contributed by atoms with Gasteiger partial charge in [-0.15, -0.1) is 0 Å². The fraction of sp³-hybridized carbons (Fsp3) is 0.467. The van der Waals surface area contributed by atoms with E-state index in [1.54, 1.807) is 12.1 Å². The highest BCUT2D eigenvalue weighted by atomic mass is 28.3. The molecule has 0 saturated carbocycles. The molecule has 0 amide bonds. The zero-order valence-electron chi connectivity index (χ0n) is 11.6. The average Bonchev–Trinajstić information content (AvgIpc) is 2.27. The first-order valence-corrected chi connectivity index (χ1v) is 9.18. The lowest BCUT2D eigenvalue weighted by atomic mass is 10.0. The highest BCUT2D eigenvalue weighted by Crippen LogP contribution is 2.34. The first kappa shape index (κ1) is 14.0. The minimum Gasteiger partial charge on any atom is -0.508 e. The number of phenols is 1. The van der Waals surface area contributed by atoms with Crippen LogP contribution < -0.4 is 0 Å². The smallest absolute Gasteiger partial charge is 0.115 e. The van der Waals surface area contributed by atoms with Crippen molar-refractivity contribution in [1.29, 1.82) is 0 Å². The fourth-order valence-electron chi connectivity index (χ4n) is 1.49. The molecule has 0 radical (unpaired) electrons. The van der Waals surface area contributed by atoms with Gasteiger partial charge in [0, 0.05) is 8.80 Å². The van der Waals surface area contributed by atoms with E-state index in [1.807, 2.05) is 12.1 Å². The third-order valence-corrected chi connectivity index (χ3v) is 7.18. The predicted molar refractivity (Wildman–Crippen MR) is 79.3 cm³/mol. The normalized spacial score (nSPS) is 13.2. The Morgan fingerprint density at radius 1 is 1.24 bits per heavy atom. The zero-order chi connectivity index (χ0) is 13.1. The number of phenolic OH excluding ortho intramolecular Hbond substituents is 1. The van der Waals surface area contributed by atoms with Crippen LogP contribution in [-0.2, 0) is 0 Å². The van der Waals surface area contributed by atoms with Gasteiger partial charge in [-0.25, -0.2) is 0 Å². The molecule has 1 nitrogen and oxygen atoms in total. The van der Waals surface area contributed by atoms with Gasteiger partial charge in [-0.2, -0.15) is 0 Å². The maximum absolute atomic E-state index is 9.26. The summed E-state index contributed by atoms with van der Waals surface area (Å²) in [5.41, 5.74) is 2.50. The van der Waals surface area contributed by atoms with Crippen LogP contribution in [0.15, 0.2) is 30.3 Å². The van der Waals surface area contributed by atoms with Gasteiger partial charge < -0.3 is 5.11 Å². The SMILES string of the molecule is CC(=CCC(C)(C)[SiH](C)C)c1ccc(O)cc1. The monoisotopic (exact) mass is 248 g/mol. The molecule has 0 atom stereocenters. The van der Waals surface area contributed by atoms with Gasteiger partial charge in [0.1, 0.15) is 5.75 Å². The summed E-state index contributed by atoms with van der Waals surface area (Å²) in [6.07, 6.45) is 3.48. The molecular formula is C15H24OSi. The van der Waals surface area contributed by atoms with Crippen molar-refractivity contribution < 1.29 is 5.11 Å². The molecule has 0 aliphatic rings. The second-order valence-electron chi connectivity index (χ2n) is 5.78. The van der Waals surface area contributed by atoms with Crippen molar-refractivity contribution in [2.75, 3.05) is 0 Å². The molecule has 0 bridgehead atoms. The summed E-state index contributed by atoms with van der Waals surface area (Å²) < 4.78 is 0. The van der Waals surface area contributed by atoms with Gasteiger partial charge in [0.15, 0.2) is 0 Å². The number of rotatable bonds is 4. The van der Waals surface area contributed by atoms with E-state index in [2.05, 4.69) is 39.9 Å². The van der Waals surface area contributed by atoms with E-state index in [9.17, 15) is 5.11 Å². The lowest BCUT2D eigenvalue weighted by molar-refractivity contribution is 0.475. The Labute approximate surface area is 107 Å². The second-order valence-corrected chi connectivity index (χ2v) is 9.65. The van der Waals surface area contributed by atoms with Gasteiger partial charge in [-0.05, 0) is 41.7 Å². The molecule has 0 unspecified atom stereocenters. The van der Waals surface area contributed by atoms with Crippen LogP contribution in [0, 0.1) is 0 Å². The molecule has 0 spiro atoms. The Balaban J connectivity index is 2.77. The molecule has 1 aromatic carbocycles. The number of hydrogen-bond donors (Lipinski definition) is 1. The van der Waals surface area contributed by atoms with Crippen molar-refractivity contribution in [3.8, 4) is 5.75 Å². The highest BCUT2D eigenvalue weighted by molar-refractivity contribution is 6.59. The summed E-state index contributed by atoms with van der Waals surface area (Å²) >= 11 is 0. The molecule has 0 fully saturated rings. The molecule has 2 heteroatoms. The van der Waals surface area contributed by atoms with Crippen molar-refractivity contribution in [3.05, 3.63) is 35.9 Å². The van der Waals surface area contributed by atoms with Crippen molar-refractivity contribution in [1.82, 2.24) is 0 Å². The van der Waals surface area contributed by atoms with E-state index < -0.39 is 8.80 Å². The molecule has 0 aromatic heterocycles. The molecule has 94 valence electrons. The van der Waals surface area contributed by atoms with Crippen LogP contribution in [0.4, 0.5) is 0 Å². The molecule has 0 heterocycles. The Kier molecular flexibility index (Phi) is 4.58. The number of hydrogen-bond acceptors (Lipinski definition) is 1. The first-order valence-electron chi connectivity index (χ1n) is 6.29. The largest absolute Gasteiger partial charge is 0.508 e. The first-order chi connectivity index (χ1) is 7.83. The zero-order valence-corrected chi connectivity index (χ0v) is 12.8. The second kappa shape index (κ2) is 5.54. The number of allylic oxidation sites excluding steroid dienone is 2. The van der Waals surface area contributed by atoms with Crippen LogP contribution in [0.25, 0.3) is 5.57 Å². The summed E-state index contributed by atoms with van der Waals surface area (Å²) in [6, 6.07) is 7.44. The van der Waals surface area contributed by atoms with Gasteiger partial charge >= 0.3 is 0 Å². The Bertz CT molecular complexity index is 388. The summed E-state index contributed by atoms with van der Waals surface area (Å²) in [5.74, 6) is 0.330. The van der Waals surface area contributed by atoms with Crippen LogP contribution in [-0.4, -0.2) is 13.9 Å². The van der Waals surface area contributed by atoms with Gasteiger partial charge in [0.05, 0.1) is 0 Å². The van der Waals surface area contributed by atoms with E-state index in [0.717, 1.165) is 6.42 Å². The van der Waals surface area contributed by atoms with E-state index in [-0.39, 0.29) is 0 Å². The fourth-order valence-corrected chi connectivity index (χ4v) is 2.08. The Morgan fingerprint density at radius 3 is 2.24 bits per heavy atom. The summed E-state index contributed by atoms with van der Waals surface area (Å²) in [7, 11) is -0.625. The highest BCUT2D eigenvalue weighted by Gasteiger charge is 2.21. The van der Waals surface area contributed by atoms with E-state index >= 15 is 0 Å². The molecule has 1 aromatic rings. The molecule has 0 saturated heterocycles. The predicted octanol–water partition coefficient (Wildman–Crippen LogP) is 4.45. The van der Waals surface area contributed by atoms with Crippen LogP contribution in [0.1, 0.15) is 32.8 Å². The molecule has 1 rings (SSSR count). The van der Waals surface area contributed by atoms with E-state index in [0.29, 0.717) is 10.8 Å². The van der Waals surface area contributed by atoms with Crippen LogP contribution in [0.2, 0.25) is 18.1 Å². The standard InChI is InChI=1S/C15H24OSi/c1-12(10-11-15(2,3)17(4)5)13-6-8-14(16)9-7-13/h6-10,16-17H,11H2,1-5H3. The van der Waals surface area contributed by atoms with E-state index in [1.165, 1.54) is 11.1 Å². The molecular weight excluding hydrogens is 224 g/mol. The minimum atomic E-state index is -0.625. The molecule has 17 heavy (non-hydrogen) atoms. The average molecular weight is 248 g/mol. The van der Waals surface area contributed by atoms with Gasteiger partial charge in [-0.3, -0.25) is 0 Å². The molecule has 0 aliphatic carbocycles. The maximum atomic E-state index is 9.26. The van der Waals surface area contributed by atoms with Gasteiger partial charge in [0.2, 0.25) is 0 Å². The minimum absolute atomic E-state index is 0.330. The number of benzene rings is 1. The van der Waals surface area contributed by atoms with Crippen LogP contribution >= 0.6 is 0 Å². The third kappa shape index (κ3) is 4.04. The van der Waals surface area contributed by atoms with Crippen molar-refractivity contribution >= 4 is 14.4 Å². The summed E-state index contributed by atoms with van der Waals surface area (Å²) in [4.78, 5) is 0. The quantitative estimate of drug-likeness (QED) is 0.780. The Hall–Kier alpha value is -1.02. The third-order valence-electron chi connectivity index (χ3n) is 3.82. The maximum Gasteiger partial charge on any atom is 0.115 e. The summed E-state index contributed by atoms with van der Waals surface area (Å²) in [6.45, 7) is 11.7. The van der Waals surface area contributed by atoms with Crippen molar-refractivity contribution in [2.45, 2.75) is 45.3 Å². The van der Waals surface area contributed by atoms with Crippen LogP contribution in [0.5, 0.6) is 5.75 Å². The topological polar surface area (TPSA) is 20.2 Å². The lowest BCUT2D eigenvalue weighted by Gasteiger charge is -2.27. The van der Waals surface area contributed by atoms with Crippen LogP contribution in [0.3, 0.4) is 0 Å². The Morgan fingerprint density at radius 2 is 1.76 bits per heavy atom. The number of aromatic hydroxyl groups is 1. The van der Waals surface area contributed by atoms with Crippen molar-refractivity contribution in [3.63, 3.8) is 0 Å². The van der Waals surface area contributed by atoms with Crippen molar-refractivity contribution in [2.24, 2.45) is 0 Å². The molecule has 1 N–H and O–H groups in total. The lowest BCUT2D eigenvalue weighted by Crippen LogP contribution is -2.20. The molecule has 0 aliphatic heterocycles. The summed E-state index contributed by atoms with van der Waals surface area (Å²) in [5, 5.41) is 9.73. The van der Waals surface area contributed by atoms with E-state index in [4.69, 9.17) is 0 Å².